The molecule has 1 aliphatic heterocycles. The Labute approximate surface area is 139 Å². The van der Waals surface area contributed by atoms with E-state index in [1.54, 1.807) is 21.0 Å². The Morgan fingerprint density at radius 3 is 2.32 bits per heavy atom. The molecule has 1 aliphatic rings. The smallest absolute Gasteiger partial charge is 0.240 e. The van der Waals surface area contributed by atoms with Gasteiger partial charge in [0.2, 0.25) is 15.9 Å². The number of halogens is 1. The number of methoxy groups -OCH3 is 1. The maximum atomic E-state index is 12.2. The van der Waals surface area contributed by atoms with Crippen LogP contribution in [0.3, 0.4) is 0 Å². The highest BCUT2D eigenvalue weighted by atomic mass is 35.5. The summed E-state index contributed by atoms with van der Waals surface area (Å²) in [6, 6.07) is 0. The Kier molecular flexibility index (Phi) is 8.29. The van der Waals surface area contributed by atoms with Gasteiger partial charge in [-0.2, -0.15) is 0 Å². The molecule has 1 amide bonds. The summed E-state index contributed by atoms with van der Waals surface area (Å²) in [6.07, 6.45) is 2.88. The molecule has 0 aromatic heterocycles. The van der Waals surface area contributed by atoms with Crippen LogP contribution in [0, 0.1) is 5.41 Å². The highest BCUT2D eigenvalue weighted by molar-refractivity contribution is 7.88. The monoisotopic (exact) mass is 357 g/mol. The second-order valence-electron chi connectivity index (χ2n) is 6.36. The van der Waals surface area contributed by atoms with Crippen molar-refractivity contribution < 1.29 is 17.9 Å². The lowest BCUT2D eigenvalue weighted by molar-refractivity contribution is -0.126. The second-order valence-corrected chi connectivity index (χ2v) is 8.11. The maximum Gasteiger partial charge on any atom is 0.240 e. The molecule has 9 heteroatoms. The van der Waals surface area contributed by atoms with Crippen LogP contribution in [-0.2, 0) is 19.6 Å². The van der Waals surface area contributed by atoms with Gasteiger partial charge >= 0.3 is 0 Å². The second kappa shape index (κ2) is 8.44. The van der Waals surface area contributed by atoms with Gasteiger partial charge < -0.3 is 15.4 Å². The van der Waals surface area contributed by atoms with Gasteiger partial charge in [-0.1, -0.05) is 0 Å². The molecule has 3 N–H and O–H groups in total. The highest BCUT2D eigenvalue weighted by Crippen LogP contribution is 2.28. The third-order valence-electron chi connectivity index (χ3n) is 3.75. The first-order valence-electron chi connectivity index (χ1n) is 7.07. The fraction of sp³-hybridized carbons (Fsp3) is 0.923. The predicted molar refractivity (Wildman–Crippen MR) is 88.7 cm³/mol. The van der Waals surface area contributed by atoms with E-state index in [9.17, 15) is 13.2 Å². The van der Waals surface area contributed by atoms with Crippen molar-refractivity contribution in [2.45, 2.75) is 32.2 Å². The van der Waals surface area contributed by atoms with Crippen molar-refractivity contribution in [1.82, 2.24) is 15.4 Å². The first-order chi connectivity index (χ1) is 9.60. The average molecular weight is 358 g/mol. The van der Waals surface area contributed by atoms with Crippen molar-refractivity contribution in [3.63, 3.8) is 0 Å². The van der Waals surface area contributed by atoms with E-state index in [1.807, 2.05) is 0 Å². The number of ether oxygens (including phenoxy) is 1. The molecule has 1 fully saturated rings. The normalized spacial score (nSPS) is 18.4. The van der Waals surface area contributed by atoms with E-state index >= 15 is 0 Å². The fourth-order valence-corrected chi connectivity index (χ4v) is 3.65. The number of nitrogens with one attached hydrogen (secondary N) is 3. The molecule has 0 bridgehead atoms. The van der Waals surface area contributed by atoms with E-state index < -0.39 is 15.6 Å². The Morgan fingerprint density at radius 2 is 1.86 bits per heavy atom. The molecular weight excluding hydrogens is 330 g/mol. The SMILES string of the molecule is COCC1(CNC(=O)C(C)(C)NS(C)(=O)=O)CCNCC1.Cl. The van der Waals surface area contributed by atoms with Gasteiger partial charge in [0.15, 0.2) is 0 Å². The molecule has 22 heavy (non-hydrogen) atoms. The fourth-order valence-electron chi connectivity index (χ4n) is 2.63. The topological polar surface area (TPSA) is 96.5 Å². The number of sulfonamides is 1. The predicted octanol–water partition coefficient (Wildman–Crippen LogP) is -0.132. The number of hydrogen-bond acceptors (Lipinski definition) is 5. The van der Waals surface area contributed by atoms with Gasteiger partial charge in [-0.05, 0) is 39.8 Å². The van der Waals surface area contributed by atoms with Gasteiger partial charge in [0.05, 0.1) is 12.9 Å². The van der Waals surface area contributed by atoms with Crippen molar-refractivity contribution in [1.29, 1.82) is 0 Å². The lowest BCUT2D eigenvalue weighted by atomic mass is 9.79. The van der Waals surface area contributed by atoms with Gasteiger partial charge in [-0.15, -0.1) is 12.4 Å². The summed E-state index contributed by atoms with van der Waals surface area (Å²) in [5, 5.41) is 6.15. The van der Waals surface area contributed by atoms with Crippen LogP contribution in [0.1, 0.15) is 26.7 Å². The van der Waals surface area contributed by atoms with E-state index in [-0.39, 0.29) is 23.7 Å². The van der Waals surface area contributed by atoms with E-state index in [2.05, 4.69) is 15.4 Å². The van der Waals surface area contributed by atoms with Gasteiger partial charge in [0, 0.05) is 19.1 Å². The minimum absolute atomic E-state index is 0. The third kappa shape index (κ3) is 6.78. The molecule has 0 unspecified atom stereocenters. The van der Waals surface area contributed by atoms with Crippen LogP contribution in [0.4, 0.5) is 0 Å². The van der Waals surface area contributed by atoms with Crippen LogP contribution in [0.5, 0.6) is 0 Å². The van der Waals surface area contributed by atoms with Gasteiger partial charge in [0.25, 0.3) is 0 Å². The molecule has 0 saturated carbocycles. The highest BCUT2D eigenvalue weighted by Gasteiger charge is 2.36. The lowest BCUT2D eigenvalue weighted by Gasteiger charge is -2.38. The van der Waals surface area contributed by atoms with Crippen LogP contribution >= 0.6 is 12.4 Å². The number of amides is 1. The molecule has 0 aliphatic carbocycles. The number of hydrogen-bond donors (Lipinski definition) is 3. The molecule has 0 radical (unpaired) electrons. The Morgan fingerprint density at radius 1 is 1.32 bits per heavy atom. The molecule has 0 aromatic rings. The summed E-state index contributed by atoms with van der Waals surface area (Å²) in [5.41, 5.74) is -1.26. The lowest BCUT2D eigenvalue weighted by Crippen LogP contribution is -2.57. The molecule has 0 spiro atoms. The molecule has 0 aromatic carbocycles. The zero-order valence-corrected chi connectivity index (χ0v) is 15.3. The molecular formula is C13H28ClN3O4S. The first-order valence-corrected chi connectivity index (χ1v) is 8.96. The van der Waals surface area contributed by atoms with Crippen LogP contribution in [0.15, 0.2) is 0 Å². The largest absolute Gasteiger partial charge is 0.384 e. The van der Waals surface area contributed by atoms with Crippen LogP contribution in [0.25, 0.3) is 0 Å². The Balaban J connectivity index is 0.00000441. The molecule has 1 heterocycles. The van der Waals surface area contributed by atoms with Crippen molar-refractivity contribution >= 4 is 28.3 Å². The van der Waals surface area contributed by atoms with Gasteiger partial charge in [0.1, 0.15) is 5.54 Å². The molecule has 132 valence electrons. The van der Waals surface area contributed by atoms with E-state index in [0.29, 0.717) is 13.2 Å². The summed E-state index contributed by atoms with van der Waals surface area (Å²) in [6.45, 7) is 5.95. The minimum Gasteiger partial charge on any atom is -0.384 e. The standard InChI is InChI=1S/C13H27N3O4S.ClH/c1-12(2,16-21(4,18)19)11(17)15-9-13(10-20-3)5-7-14-8-6-13;/h14,16H,5-10H2,1-4H3,(H,15,17);1H. The third-order valence-corrected chi connectivity index (χ3v) is 4.63. The minimum atomic E-state index is -3.44. The van der Waals surface area contributed by atoms with E-state index in [0.717, 1.165) is 32.2 Å². The maximum absolute atomic E-state index is 12.2. The average Bonchev–Trinajstić information content (AvgIpc) is 2.34. The van der Waals surface area contributed by atoms with Crippen LogP contribution in [-0.4, -0.2) is 59.5 Å². The molecule has 7 nitrogen and oxygen atoms in total. The van der Waals surface area contributed by atoms with Crippen molar-refractivity contribution in [3.05, 3.63) is 0 Å². The van der Waals surface area contributed by atoms with Crippen LogP contribution < -0.4 is 15.4 Å². The quantitative estimate of drug-likeness (QED) is 0.589. The van der Waals surface area contributed by atoms with E-state index in [1.165, 1.54) is 0 Å². The van der Waals surface area contributed by atoms with Crippen molar-refractivity contribution in [2.75, 3.05) is 39.6 Å². The van der Waals surface area contributed by atoms with Crippen molar-refractivity contribution in [3.8, 4) is 0 Å². The van der Waals surface area contributed by atoms with Gasteiger partial charge in [-0.3, -0.25) is 4.79 Å². The zero-order valence-electron chi connectivity index (χ0n) is 13.7. The molecule has 1 rings (SSSR count). The number of carbonyl (C=O) groups excluding carboxylic acids is 1. The summed E-state index contributed by atoms with van der Waals surface area (Å²) in [4.78, 5) is 12.2. The summed E-state index contributed by atoms with van der Waals surface area (Å²) in [7, 11) is -1.79. The van der Waals surface area contributed by atoms with Crippen molar-refractivity contribution in [2.24, 2.45) is 5.41 Å². The number of carbonyl (C=O) groups is 1. The number of rotatable bonds is 7. The summed E-state index contributed by atoms with van der Waals surface area (Å²) >= 11 is 0. The molecule has 0 atom stereocenters. The zero-order chi connectivity index (χ0) is 16.1. The van der Waals surface area contributed by atoms with E-state index in [4.69, 9.17) is 4.74 Å². The first kappa shape index (κ1) is 21.6. The summed E-state index contributed by atoms with van der Waals surface area (Å²) in [5.74, 6) is -0.332. The summed E-state index contributed by atoms with van der Waals surface area (Å²) < 4.78 is 30.2. The Bertz CT molecular complexity index is 456. The Hall–Kier alpha value is -0.410. The molecule has 1 saturated heterocycles. The van der Waals surface area contributed by atoms with Crippen LogP contribution in [0.2, 0.25) is 0 Å². The van der Waals surface area contributed by atoms with Gasteiger partial charge in [-0.25, -0.2) is 13.1 Å². The number of piperidine rings is 1.